The van der Waals surface area contributed by atoms with Crippen LogP contribution in [0.15, 0.2) is 85.2 Å². The number of para-hydroxylation sites is 1. The maximum absolute atomic E-state index is 4.58. The summed E-state index contributed by atoms with van der Waals surface area (Å²) in [6.45, 7) is 8.85. The van der Waals surface area contributed by atoms with Crippen LogP contribution in [0.25, 0.3) is 11.1 Å². The zero-order valence-corrected chi connectivity index (χ0v) is 19.2. The largest absolute Gasteiger partial charge is 0.337 e. The maximum atomic E-state index is 4.58. The Balaban J connectivity index is 1.62. The van der Waals surface area contributed by atoms with Gasteiger partial charge in [-0.1, -0.05) is 75.4 Å². The summed E-state index contributed by atoms with van der Waals surface area (Å²) in [4.78, 5) is 9.15. The van der Waals surface area contributed by atoms with E-state index in [2.05, 4.69) is 109 Å². The lowest BCUT2D eigenvalue weighted by Crippen LogP contribution is -2.17. The number of hydrogen-bond donors (Lipinski definition) is 2. The van der Waals surface area contributed by atoms with Crippen LogP contribution in [-0.4, -0.2) is 9.97 Å². The highest BCUT2D eigenvalue weighted by atomic mass is 15.1. The predicted octanol–water partition coefficient (Wildman–Crippen LogP) is 7.63. The van der Waals surface area contributed by atoms with E-state index in [0.29, 0.717) is 11.6 Å². The van der Waals surface area contributed by atoms with Crippen molar-refractivity contribution in [3.8, 4) is 11.1 Å². The molecule has 0 aliphatic carbocycles. The molecule has 2 N–H and O–H groups in total. The molecule has 0 atom stereocenters. The fraction of sp³-hybridized carbons (Fsp3) is 0.214. The number of aromatic nitrogens is 2. The van der Waals surface area contributed by atoms with Crippen LogP contribution in [0.1, 0.15) is 38.3 Å². The molecule has 0 unspecified atom stereocenters. The molecule has 0 saturated heterocycles. The first-order chi connectivity index (χ1) is 15.5. The molecule has 0 aliphatic heterocycles. The van der Waals surface area contributed by atoms with E-state index < -0.39 is 0 Å². The van der Waals surface area contributed by atoms with Gasteiger partial charge in [-0.15, -0.1) is 0 Å². The molecule has 0 bridgehead atoms. The Kier molecular flexibility index (Phi) is 6.22. The van der Waals surface area contributed by atoms with E-state index in [1.54, 1.807) is 12.4 Å². The Morgan fingerprint density at radius 3 is 2.00 bits per heavy atom. The molecule has 4 aromatic rings. The fourth-order valence-corrected chi connectivity index (χ4v) is 3.76. The molecule has 1 heterocycles. The van der Waals surface area contributed by atoms with Gasteiger partial charge in [-0.2, -0.15) is 0 Å². The van der Waals surface area contributed by atoms with Crippen molar-refractivity contribution in [2.75, 3.05) is 10.6 Å². The number of rotatable bonds is 7. The highest BCUT2D eigenvalue weighted by Crippen LogP contribution is 2.35. The van der Waals surface area contributed by atoms with Gasteiger partial charge in [0, 0.05) is 23.8 Å². The van der Waals surface area contributed by atoms with E-state index in [9.17, 15) is 0 Å². The van der Waals surface area contributed by atoms with Gasteiger partial charge < -0.3 is 10.6 Å². The summed E-state index contributed by atoms with van der Waals surface area (Å²) in [5, 5.41) is 7.00. The predicted molar refractivity (Wildman–Crippen MR) is 135 cm³/mol. The van der Waals surface area contributed by atoms with E-state index >= 15 is 0 Å². The third-order valence-electron chi connectivity index (χ3n) is 6.08. The molecule has 0 amide bonds. The summed E-state index contributed by atoms with van der Waals surface area (Å²) in [7, 11) is 0. The molecule has 32 heavy (non-hydrogen) atoms. The normalized spacial score (nSPS) is 11.2. The second kappa shape index (κ2) is 9.23. The van der Waals surface area contributed by atoms with Gasteiger partial charge in [0.1, 0.15) is 0 Å². The Hall–Kier alpha value is -3.66. The Bertz CT molecular complexity index is 1200. The van der Waals surface area contributed by atoms with Crippen LogP contribution < -0.4 is 10.6 Å². The molecular formula is C28H30N4. The molecule has 0 fully saturated rings. The van der Waals surface area contributed by atoms with E-state index in [4.69, 9.17) is 0 Å². The summed E-state index contributed by atoms with van der Waals surface area (Å²) in [6, 6.07) is 25.3. The number of anilines is 4. The minimum atomic E-state index is 0.0588. The van der Waals surface area contributed by atoms with Gasteiger partial charge in [0.15, 0.2) is 11.6 Å². The Labute approximate surface area is 190 Å². The number of nitrogens with zero attached hydrogens (tertiary/aromatic N) is 2. The van der Waals surface area contributed by atoms with Gasteiger partial charge in [-0.05, 0) is 59.2 Å². The average Bonchev–Trinajstić information content (AvgIpc) is 2.82. The van der Waals surface area contributed by atoms with Crippen LogP contribution in [-0.2, 0) is 5.41 Å². The first-order valence-electron chi connectivity index (χ1n) is 11.1. The Morgan fingerprint density at radius 2 is 1.34 bits per heavy atom. The number of aryl methyl sites for hydroxylation is 1. The van der Waals surface area contributed by atoms with E-state index in [1.165, 1.54) is 16.7 Å². The molecule has 162 valence electrons. The number of hydrogen-bond acceptors (Lipinski definition) is 4. The zero-order chi connectivity index (χ0) is 22.6. The average molecular weight is 423 g/mol. The lowest BCUT2D eigenvalue weighted by atomic mass is 9.81. The van der Waals surface area contributed by atoms with Crippen LogP contribution in [0.4, 0.5) is 23.0 Å². The second-order valence-corrected chi connectivity index (χ2v) is 8.68. The first kappa shape index (κ1) is 21.6. The Morgan fingerprint density at radius 1 is 0.719 bits per heavy atom. The summed E-state index contributed by atoms with van der Waals surface area (Å²) < 4.78 is 0. The molecule has 1 aromatic heterocycles. The van der Waals surface area contributed by atoms with E-state index in [-0.39, 0.29) is 5.41 Å². The van der Waals surface area contributed by atoms with Crippen LogP contribution in [0, 0.1) is 6.92 Å². The quantitative estimate of drug-likeness (QED) is 0.321. The summed E-state index contributed by atoms with van der Waals surface area (Å²) >= 11 is 0. The molecular weight excluding hydrogens is 392 g/mol. The lowest BCUT2D eigenvalue weighted by molar-refractivity contribution is 0.508. The summed E-state index contributed by atoms with van der Waals surface area (Å²) in [5.74, 6) is 1.41. The number of nitrogens with one attached hydrogen (secondary N) is 2. The molecule has 0 saturated carbocycles. The van der Waals surface area contributed by atoms with Crippen molar-refractivity contribution >= 4 is 23.0 Å². The zero-order valence-electron chi connectivity index (χ0n) is 19.2. The van der Waals surface area contributed by atoms with Gasteiger partial charge >= 0.3 is 0 Å². The highest BCUT2D eigenvalue weighted by molar-refractivity contribution is 5.76. The third kappa shape index (κ3) is 4.65. The smallest absolute Gasteiger partial charge is 0.173 e. The molecule has 3 aromatic carbocycles. The molecule has 0 radical (unpaired) electrons. The SMILES string of the molecule is CCC(C)(C)c1ccccc1Nc1nccnc1Nc1ccc(-c2ccccc2)cc1C. The van der Waals surface area contributed by atoms with Crippen molar-refractivity contribution in [3.05, 3.63) is 96.3 Å². The van der Waals surface area contributed by atoms with Crippen molar-refractivity contribution in [2.24, 2.45) is 0 Å². The van der Waals surface area contributed by atoms with Crippen LogP contribution in [0.2, 0.25) is 0 Å². The molecule has 4 heteroatoms. The molecule has 4 nitrogen and oxygen atoms in total. The van der Waals surface area contributed by atoms with Crippen molar-refractivity contribution in [1.82, 2.24) is 9.97 Å². The molecule has 4 rings (SSSR count). The van der Waals surface area contributed by atoms with E-state index in [0.717, 1.165) is 23.4 Å². The highest BCUT2D eigenvalue weighted by Gasteiger charge is 2.22. The monoisotopic (exact) mass is 422 g/mol. The summed E-state index contributed by atoms with van der Waals surface area (Å²) in [6.07, 6.45) is 4.47. The standard InChI is InChI=1S/C28H30N4/c1-5-28(3,4)23-13-9-10-14-25(23)32-27-26(29-17-18-30-27)31-24-16-15-22(19-20(24)2)21-11-7-6-8-12-21/h6-19H,5H2,1-4H3,(H,29,31)(H,30,32). The van der Waals surface area contributed by atoms with Crippen molar-refractivity contribution in [3.63, 3.8) is 0 Å². The van der Waals surface area contributed by atoms with Crippen molar-refractivity contribution in [2.45, 2.75) is 39.5 Å². The van der Waals surface area contributed by atoms with Gasteiger partial charge in [-0.25, -0.2) is 9.97 Å². The summed E-state index contributed by atoms with van der Waals surface area (Å²) in [5.41, 5.74) is 6.94. The topological polar surface area (TPSA) is 49.8 Å². The van der Waals surface area contributed by atoms with Crippen LogP contribution >= 0.6 is 0 Å². The van der Waals surface area contributed by atoms with Crippen molar-refractivity contribution < 1.29 is 0 Å². The van der Waals surface area contributed by atoms with Crippen LogP contribution in [0.3, 0.4) is 0 Å². The second-order valence-electron chi connectivity index (χ2n) is 8.68. The van der Waals surface area contributed by atoms with Crippen molar-refractivity contribution in [1.29, 1.82) is 0 Å². The minimum absolute atomic E-state index is 0.0588. The molecule has 0 aliphatic rings. The minimum Gasteiger partial charge on any atom is -0.337 e. The van der Waals surface area contributed by atoms with Gasteiger partial charge in [0.05, 0.1) is 0 Å². The van der Waals surface area contributed by atoms with Crippen LogP contribution in [0.5, 0.6) is 0 Å². The van der Waals surface area contributed by atoms with Gasteiger partial charge in [-0.3, -0.25) is 0 Å². The fourth-order valence-electron chi connectivity index (χ4n) is 3.76. The number of benzene rings is 3. The van der Waals surface area contributed by atoms with Gasteiger partial charge in [0.25, 0.3) is 0 Å². The maximum Gasteiger partial charge on any atom is 0.173 e. The molecule has 0 spiro atoms. The first-order valence-corrected chi connectivity index (χ1v) is 11.1. The third-order valence-corrected chi connectivity index (χ3v) is 6.08. The lowest BCUT2D eigenvalue weighted by Gasteiger charge is -2.26. The van der Waals surface area contributed by atoms with E-state index in [1.807, 2.05) is 12.1 Å². The van der Waals surface area contributed by atoms with Gasteiger partial charge in [0.2, 0.25) is 0 Å².